The van der Waals surface area contributed by atoms with Gasteiger partial charge >= 0.3 is 6.18 Å². The van der Waals surface area contributed by atoms with E-state index in [2.05, 4.69) is 5.32 Å². The van der Waals surface area contributed by atoms with E-state index in [0.717, 1.165) is 29.5 Å². The minimum atomic E-state index is -4.50. The van der Waals surface area contributed by atoms with Crippen LogP contribution in [-0.4, -0.2) is 10.2 Å². The molecule has 33 heavy (non-hydrogen) atoms. The number of nitrogens with one attached hydrogen (secondary N) is 1. The van der Waals surface area contributed by atoms with Crippen LogP contribution in [-0.2, 0) is 17.6 Å². The maximum atomic E-state index is 13.2. The van der Waals surface area contributed by atoms with E-state index in [0.29, 0.717) is 26.1 Å². The Hall–Kier alpha value is -2.81. The highest BCUT2D eigenvalue weighted by Gasteiger charge is 2.31. The molecule has 0 unspecified atom stereocenters. The summed E-state index contributed by atoms with van der Waals surface area (Å²) in [5, 5.41) is 2.72. The third kappa shape index (κ3) is 5.58. The lowest BCUT2D eigenvalue weighted by atomic mass is 9.99. The Bertz CT molecular complexity index is 1260. The van der Waals surface area contributed by atoms with Gasteiger partial charge in [0.05, 0.1) is 10.5 Å². The highest BCUT2D eigenvalue weighted by Crippen LogP contribution is 2.38. The van der Waals surface area contributed by atoms with Gasteiger partial charge < -0.3 is 10.1 Å². The second-order valence-corrected chi connectivity index (χ2v) is 9.20. The molecule has 0 radical (unpaired) electrons. The zero-order valence-corrected chi connectivity index (χ0v) is 19.2. The molecule has 1 aliphatic heterocycles. The summed E-state index contributed by atoms with van der Waals surface area (Å²) in [6.07, 6.45) is -2.90. The van der Waals surface area contributed by atoms with E-state index < -0.39 is 11.7 Å². The summed E-state index contributed by atoms with van der Waals surface area (Å²) in [4.78, 5) is 12.5. The third-order valence-electron chi connectivity index (χ3n) is 4.78. The molecule has 3 aromatic carbocycles. The molecule has 0 aromatic heterocycles. The molecular formula is C24H15ClF3NO2S2. The van der Waals surface area contributed by atoms with Gasteiger partial charge in [0.1, 0.15) is 16.7 Å². The number of alkyl halides is 3. The third-order valence-corrected chi connectivity index (χ3v) is 6.27. The van der Waals surface area contributed by atoms with E-state index in [1.54, 1.807) is 24.3 Å². The minimum absolute atomic E-state index is 0.175. The van der Waals surface area contributed by atoms with Crippen molar-refractivity contribution in [3.63, 3.8) is 0 Å². The molecule has 3 aromatic rings. The summed E-state index contributed by atoms with van der Waals surface area (Å²) in [5.41, 5.74) is 1.33. The summed E-state index contributed by atoms with van der Waals surface area (Å²) in [6, 6.07) is 17.6. The normalized spacial score (nSPS) is 15.1. The van der Waals surface area contributed by atoms with Gasteiger partial charge in [-0.25, -0.2) is 0 Å². The fraction of sp³-hybridized carbons (Fsp3) is 0.0833. The van der Waals surface area contributed by atoms with Crippen LogP contribution < -0.4 is 10.1 Å². The Labute approximate surface area is 202 Å². The SMILES string of the molecule is O=C1NC(=S)SC1=Cc1cc(-c2cc(C(F)(F)F)ccc2Cl)ccc1OCc1ccccc1. The Kier molecular flexibility index (Phi) is 6.78. The molecule has 1 aliphatic rings. The Balaban J connectivity index is 1.76. The molecule has 0 saturated carbocycles. The number of halogens is 4. The van der Waals surface area contributed by atoms with E-state index >= 15 is 0 Å². The van der Waals surface area contributed by atoms with E-state index in [9.17, 15) is 18.0 Å². The van der Waals surface area contributed by atoms with Crippen molar-refractivity contribution >= 4 is 51.9 Å². The molecule has 1 fully saturated rings. The van der Waals surface area contributed by atoms with Gasteiger partial charge in [-0.3, -0.25) is 4.79 Å². The Morgan fingerprint density at radius 3 is 2.48 bits per heavy atom. The molecule has 1 heterocycles. The van der Waals surface area contributed by atoms with E-state index in [1.807, 2.05) is 30.3 Å². The predicted octanol–water partition coefficient (Wildman–Crippen LogP) is 7.09. The molecule has 1 N–H and O–H groups in total. The van der Waals surface area contributed by atoms with E-state index in [1.165, 1.54) is 6.07 Å². The highest BCUT2D eigenvalue weighted by molar-refractivity contribution is 8.26. The molecule has 1 saturated heterocycles. The quantitative estimate of drug-likeness (QED) is 0.296. The van der Waals surface area contributed by atoms with Crippen LogP contribution in [0.4, 0.5) is 13.2 Å². The number of benzene rings is 3. The van der Waals surface area contributed by atoms with Crippen LogP contribution in [0.15, 0.2) is 71.6 Å². The maximum absolute atomic E-state index is 13.2. The van der Waals surface area contributed by atoms with Crippen LogP contribution in [0.3, 0.4) is 0 Å². The highest BCUT2D eigenvalue weighted by atomic mass is 35.5. The fourth-order valence-electron chi connectivity index (χ4n) is 3.18. The van der Waals surface area contributed by atoms with Gasteiger partial charge in [0.15, 0.2) is 0 Å². The topological polar surface area (TPSA) is 38.3 Å². The average Bonchev–Trinajstić information content (AvgIpc) is 3.09. The number of ether oxygens (including phenoxy) is 1. The van der Waals surface area contributed by atoms with E-state index in [4.69, 9.17) is 28.6 Å². The van der Waals surface area contributed by atoms with Crippen molar-refractivity contribution in [1.29, 1.82) is 0 Å². The minimum Gasteiger partial charge on any atom is -0.488 e. The van der Waals surface area contributed by atoms with Crippen molar-refractivity contribution in [2.45, 2.75) is 12.8 Å². The van der Waals surface area contributed by atoms with Crippen molar-refractivity contribution in [3.05, 3.63) is 93.3 Å². The number of carbonyl (C=O) groups is 1. The molecule has 0 aliphatic carbocycles. The first-order chi connectivity index (χ1) is 15.7. The zero-order chi connectivity index (χ0) is 23.6. The molecule has 0 atom stereocenters. The number of carbonyl (C=O) groups excluding carboxylic acids is 1. The standard InChI is InChI=1S/C24H15ClF3NO2S2/c25-19-8-7-17(24(26,27)28)12-18(19)15-6-9-20(31-13-14-4-2-1-3-5-14)16(10-15)11-21-22(30)29-23(32)33-21/h1-12H,13H2,(H,29,30,32). The lowest BCUT2D eigenvalue weighted by molar-refractivity contribution is -0.137. The summed E-state index contributed by atoms with van der Waals surface area (Å²) >= 11 is 12.4. The largest absolute Gasteiger partial charge is 0.488 e. The first-order valence-corrected chi connectivity index (χ1v) is 11.2. The van der Waals surface area contributed by atoms with Gasteiger partial charge in [0.2, 0.25) is 0 Å². The van der Waals surface area contributed by atoms with Crippen molar-refractivity contribution in [2.24, 2.45) is 0 Å². The lowest BCUT2D eigenvalue weighted by Crippen LogP contribution is -2.17. The number of rotatable bonds is 5. The zero-order valence-electron chi connectivity index (χ0n) is 16.8. The van der Waals surface area contributed by atoms with Crippen LogP contribution in [0.1, 0.15) is 16.7 Å². The lowest BCUT2D eigenvalue weighted by Gasteiger charge is -2.14. The molecule has 0 bridgehead atoms. The van der Waals surface area contributed by atoms with Crippen LogP contribution in [0.25, 0.3) is 17.2 Å². The van der Waals surface area contributed by atoms with Crippen molar-refractivity contribution in [1.82, 2.24) is 5.32 Å². The van der Waals surface area contributed by atoms with Crippen LogP contribution in [0.5, 0.6) is 5.75 Å². The number of hydrogen-bond acceptors (Lipinski definition) is 4. The Morgan fingerprint density at radius 2 is 1.82 bits per heavy atom. The molecule has 3 nitrogen and oxygen atoms in total. The van der Waals surface area contributed by atoms with E-state index in [-0.39, 0.29) is 23.1 Å². The van der Waals surface area contributed by atoms with Crippen LogP contribution >= 0.6 is 35.6 Å². The molecular weight excluding hydrogens is 491 g/mol. The summed E-state index contributed by atoms with van der Waals surface area (Å²) in [5.74, 6) is 0.117. The molecule has 1 amide bonds. The molecule has 9 heteroatoms. The molecule has 0 spiro atoms. The first-order valence-electron chi connectivity index (χ1n) is 9.63. The number of thioether (sulfide) groups is 1. The molecule has 168 valence electrons. The van der Waals surface area contributed by atoms with Gasteiger partial charge in [-0.15, -0.1) is 0 Å². The average molecular weight is 506 g/mol. The first kappa shape index (κ1) is 23.4. The smallest absolute Gasteiger partial charge is 0.416 e. The van der Waals surface area contributed by atoms with Gasteiger partial charge in [0.25, 0.3) is 5.91 Å². The summed E-state index contributed by atoms with van der Waals surface area (Å²) in [6.45, 7) is 0.276. The summed E-state index contributed by atoms with van der Waals surface area (Å²) in [7, 11) is 0. The number of hydrogen-bond donors (Lipinski definition) is 1. The van der Waals surface area contributed by atoms with Gasteiger partial charge in [0, 0.05) is 16.1 Å². The maximum Gasteiger partial charge on any atom is 0.416 e. The van der Waals surface area contributed by atoms with Crippen molar-refractivity contribution in [2.75, 3.05) is 0 Å². The van der Waals surface area contributed by atoms with Gasteiger partial charge in [-0.1, -0.05) is 72.0 Å². The second-order valence-electron chi connectivity index (χ2n) is 7.07. The van der Waals surface area contributed by atoms with Gasteiger partial charge in [-0.05, 0) is 47.5 Å². The van der Waals surface area contributed by atoms with Crippen LogP contribution in [0, 0.1) is 0 Å². The van der Waals surface area contributed by atoms with Gasteiger partial charge in [-0.2, -0.15) is 13.2 Å². The number of amides is 1. The van der Waals surface area contributed by atoms with Crippen LogP contribution in [0.2, 0.25) is 5.02 Å². The predicted molar refractivity (Wildman–Crippen MR) is 129 cm³/mol. The summed E-state index contributed by atoms with van der Waals surface area (Å²) < 4.78 is 46.0. The van der Waals surface area contributed by atoms with Crippen molar-refractivity contribution in [3.8, 4) is 16.9 Å². The fourth-order valence-corrected chi connectivity index (χ4v) is 4.44. The number of thiocarbonyl (C=S) groups is 1. The monoisotopic (exact) mass is 505 g/mol. The Morgan fingerprint density at radius 1 is 1.06 bits per heavy atom. The second kappa shape index (κ2) is 9.59. The molecule has 4 rings (SSSR count). The van der Waals surface area contributed by atoms with Crippen molar-refractivity contribution < 1.29 is 22.7 Å².